The van der Waals surface area contributed by atoms with Gasteiger partial charge in [-0.05, 0) is 36.7 Å². The number of hydrogen-bond acceptors (Lipinski definition) is 1. The molecule has 1 aliphatic rings. The van der Waals surface area contributed by atoms with E-state index < -0.39 is 0 Å². The first kappa shape index (κ1) is 11.7. The minimum Gasteiger partial charge on any atom is -0.316 e. The first-order valence-corrected chi connectivity index (χ1v) is 6.59. The molecule has 1 saturated heterocycles. The largest absolute Gasteiger partial charge is 0.316 e. The molecule has 1 N–H and O–H groups in total. The molecule has 1 aromatic carbocycles. The molecule has 0 aromatic heterocycles. The summed E-state index contributed by atoms with van der Waals surface area (Å²) in [6.07, 6.45) is 6.70. The highest BCUT2D eigenvalue weighted by atomic mass is 15.0. The van der Waals surface area contributed by atoms with E-state index in [0.717, 1.165) is 0 Å². The highest BCUT2D eigenvalue weighted by Crippen LogP contribution is 2.34. The zero-order chi connectivity index (χ0) is 11.3. The van der Waals surface area contributed by atoms with Gasteiger partial charge < -0.3 is 5.32 Å². The van der Waals surface area contributed by atoms with Crippen LogP contribution < -0.4 is 5.32 Å². The fraction of sp³-hybridized carbons (Fsp3) is 0.600. The normalized spacial score (nSPS) is 18.1. The van der Waals surface area contributed by atoms with Crippen molar-refractivity contribution in [3.8, 4) is 0 Å². The Morgan fingerprint density at radius 2 is 1.88 bits per heavy atom. The van der Waals surface area contributed by atoms with Crippen molar-refractivity contribution < 1.29 is 0 Å². The minimum absolute atomic E-state index is 0.642. The Kier molecular flexibility index (Phi) is 4.00. The maximum atomic E-state index is 3.44. The second-order valence-electron chi connectivity index (χ2n) is 5.19. The molecule has 0 unspecified atom stereocenters. The average molecular weight is 217 g/mol. The maximum absolute atomic E-state index is 3.44. The van der Waals surface area contributed by atoms with E-state index >= 15 is 0 Å². The van der Waals surface area contributed by atoms with Crippen LogP contribution >= 0.6 is 0 Å². The van der Waals surface area contributed by atoms with Crippen LogP contribution in [0.25, 0.3) is 0 Å². The fourth-order valence-corrected chi connectivity index (χ4v) is 2.80. The smallest absolute Gasteiger partial charge is 0.00202 e. The lowest BCUT2D eigenvalue weighted by molar-refractivity contribution is 0.133. The molecular formula is C15H23N. The highest BCUT2D eigenvalue weighted by Gasteiger charge is 2.34. The van der Waals surface area contributed by atoms with Crippen LogP contribution in [-0.2, 0) is 6.42 Å². The van der Waals surface area contributed by atoms with E-state index in [1.54, 1.807) is 0 Å². The summed E-state index contributed by atoms with van der Waals surface area (Å²) in [7, 11) is 0. The molecule has 1 aromatic rings. The van der Waals surface area contributed by atoms with Gasteiger partial charge in [-0.25, -0.2) is 0 Å². The van der Waals surface area contributed by atoms with Crippen LogP contribution in [0.5, 0.6) is 0 Å². The van der Waals surface area contributed by atoms with E-state index in [2.05, 4.69) is 42.6 Å². The van der Waals surface area contributed by atoms with Crippen molar-refractivity contribution in [1.29, 1.82) is 0 Å². The van der Waals surface area contributed by atoms with Gasteiger partial charge in [-0.15, -0.1) is 0 Å². The summed E-state index contributed by atoms with van der Waals surface area (Å²) < 4.78 is 0. The van der Waals surface area contributed by atoms with E-state index in [9.17, 15) is 0 Å². The summed E-state index contributed by atoms with van der Waals surface area (Å²) in [5.74, 6) is 0. The third-order valence-electron chi connectivity index (χ3n) is 3.80. The van der Waals surface area contributed by atoms with Crippen molar-refractivity contribution in [3.05, 3.63) is 35.9 Å². The van der Waals surface area contributed by atoms with Crippen molar-refractivity contribution in [3.63, 3.8) is 0 Å². The SMILES string of the molecule is CCCC1(CCCc2ccccc2)CNC1. The summed E-state index contributed by atoms with van der Waals surface area (Å²) in [6, 6.07) is 10.9. The van der Waals surface area contributed by atoms with Crippen LogP contribution in [-0.4, -0.2) is 13.1 Å². The second-order valence-corrected chi connectivity index (χ2v) is 5.19. The van der Waals surface area contributed by atoms with Crippen molar-refractivity contribution in [2.45, 2.75) is 39.0 Å². The predicted octanol–water partition coefficient (Wildman–Crippen LogP) is 3.40. The van der Waals surface area contributed by atoms with Crippen LogP contribution in [0, 0.1) is 5.41 Å². The summed E-state index contributed by atoms with van der Waals surface area (Å²) in [4.78, 5) is 0. The molecule has 1 heterocycles. The molecule has 0 saturated carbocycles. The standard InChI is InChI=1S/C15H23N/c1-2-10-15(12-16-13-15)11-6-9-14-7-4-3-5-8-14/h3-5,7-8,16H,2,6,9-13H2,1H3. The maximum Gasteiger partial charge on any atom is 0.00202 e. The van der Waals surface area contributed by atoms with Crippen molar-refractivity contribution >= 4 is 0 Å². The van der Waals surface area contributed by atoms with Gasteiger partial charge in [0.25, 0.3) is 0 Å². The van der Waals surface area contributed by atoms with Crippen LogP contribution in [0.1, 0.15) is 38.2 Å². The zero-order valence-electron chi connectivity index (χ0n) is 10.3. The van der Waals surface area contributed by atoms with Gasteiger partial charge in [0.15, 0.2) is 0 Å². The zero-order valence-corrected chi connectivity index (χ0v) is 10.3. The number of hydrogen-bond donors (Lipinski definition) is 1. The number of benzene rings is 1. The molecule has 1 heteroatoms. The van der Waals surface area contributed by atoms with Gasteiger partial charge in [0.05, 0.1) is 0 Å². The average Bonchev–Trinajstić information content (AvgIpc) is 2.27. The van der Waals surface area contributed by atoms with E-state index in [4.69, 9.17) is 0 Å². The first-order chi connectivity index (χ1) is 7.85. The van der Waals surface area contributed by atoms with Gasteiger partial charge in [0.2, 0.25) is 0 Å². The lowest BCUT2D eigenvalue weighted by atomic mass is 9.73. The van der Waals surface area contributed by atoms with E-state index in [1.165, 1.54) is 50.8 Å². The summed E-state index contributed by atoms with van der Waals surface area (Å²) in [5.41, 5.74) is 2.13. The minimum atomic E-state index is 0.642. The van der Waals surface area contributed by atoms with Gasteiger partial charge in [0.1, 0.15) is 0 Å². The molecule has 16 heavy (non-hydrogen) atoms. The topological polar surface area (TPSA) is 12.0 Å². The molecule has 88 valence electrons. The van der Waals surface area contributed by atoms with Gasteiger partial charge >= 0.3 is 0 Å². The number of nitrogens with one attached hydrogen (secondary N) is 1. The third kappa shape index (κ3) is 2.85. The molecule has 1 fully saturated rings. The van der Waals surface area contributed by atoms with Crippen LogP contribution in [0.3, 0.4) is 0 Å². The third-order valence-corrected chi connectivity index (χ3v) is 3.80. The van der Waals surface area contributed by atoms with Gasteiger partial charge in [-0.1, -0.05) is 43.7 Å². The number of aryl methyl sites for hydroxylation is 1. The van der Waals surface area contributed by atoms with Crippen molar-refractivity contribution in [2.24, 2.45) is 5.41 Å². The molecule has 2 rings (SSSR count). The van der Waals surface area contributed by atoms with Gasteiger partial charge in [-0.2, -0.15) is 0 Å². The second kappa shape index (κ2) is 5.49. The van der Waals surface area contributed by atoms with Gasteiger partial charge in [-0.3, -0.25) is 0 Å². The van der Waals surface area contributed by atoms with Crippen LogP contribution in [0.15, 0.2) is 30.3 Å². The monoisotopic (exact) mass is 217 g/mol. The molecule has 0 radical (unpaired) electrons. The Morgan fingerprint density at radius 3 is 2.44 bits per heavy atom. The van der Waals surface area contributed by atoms with Crippen molar-refractivity contribution in [2.75, 3.05) is 13.1 Å². The molecular weight excluding hydrogens is 194 g/mol. The molecule has 0 spiro atoms. The Labute approximate surface area is 99.3 Å². The Morgan fingerprint density at radius 1 is 1.12 bits per heavy atom. The van der Waals surface area contributed by atoms with E-state index in [-0.39, 0.29) is 0 Å². The summed E-state index contributed by atoms with van der Waals surface area (Å²) >= 11 is 0. The lowest BCUT2D eigenvalue weighted by Crippen LogP contribution is -2.53. The molecule has 0 atom stereocenters. The highest BCUT2D eigenvalue weighted by molar-refractivity contribution is 5.14. The van der Waals surface area contributed by atoms with E-state index in [1.807, 2.05) is 0 Å². The first-order valence-electron chi connectivity index (χ1n) is 6.59. The predicted molar refractivity (Wildman–Crippen MR) is 69.6 cm³/mol. The van der Waals surface area contributed by atoms with E-state index in [0.29, 0.717) is 5.41 Å². The lowest BCUT2D eigenvalue weighted by Gasteiger charge is -2.43. The Balaban J connectivity index is 1.75. The van der Waals surface area contributed by atoms with Gasteiger partial charge in [0, 0.05) is 13.1 Å². The fourth-order valence-electron chi connectivity index (χ4n) is 2.80. The van der Waals surface area contributed by atoms with Crippen LogP contribution in [0.2, 0.25) is 0 Å². The molecule has 0 amide bonds. The molecule has 1 aliphatic heterocycles. The van der Waals surface area contributed by atoms with Crippen LogP contribution in [0.4, 0.5) is 0 Å². The quantitative estimate of drug-likeness (QED) is 0.770. The summed E-state index contributed by atoms with van der Waals surface area (Å²) in [5, 5.41) is 3.44. The Hall–Kier alpha value is -0.820. The molecule has 0 bridgehead atoms. The summed E-state index contributed by atoms with van der Waals surface area (Å²) in [6.45, 7) is 4.79. The number of rotatable bonds is 6. The van der Waals surface area contributed by atoms with Crippen molar-refractivity contribution in [1.82, 2.24) is 5.32 Å². The molecule has 0 aliphatic carbocycles. The molecule has 1 nitrogen and oxygen atoms in total. The Bertz CT molecular complexity index is 300.